The standard InChI is InChI=1S/C12H21N3O8/c1-4(17)15-7-9(20)8(19)5(3-16)23-10(7)12(14,11(21)22)2-6(13)18/h5,7-10,16,19-20H,2-3,14H2,1H3,(H2,13,18)(H,15,17)(H,21,22)/t5-,7-,8-,9-,10?,12-/m1/s1. The fourth-order valence-electron chi connectivity index (χ4n) is 2.54. The van der Waals surface area contributed by atoms with Gasteiger partial charge in [0.1, 0.15) is 24.4 Å². The third-order valence-electron chi connectivity index (χ3n) is 3.67. The molecule has 23 heavy (non-hydrogen) atoms. The van der Waals surface area contributed by atoms with Crippen LogP contribution >= 0.6 is 0 Å². The van der Waals surface area contributed by atoms with E-state index in [1.807, 2.05) is 0 Å². The number of primary amides is 1. The van der Waals surface area contributed by atoms with Crippen LogP contribution in [0.15, 0.2) is 0 Å². The van der Waals surface area contributed by atoms with Gasteiger partial charge in [0.15, 0.2) is 5.54 Å². The molecule has 1 unspecified atom stereocenters. The normalized spacial score (nSPS) is 33.5. The third kappa shape index (κ3) is 3.95. The minimum absolute atomic E-state index is 0.649. The van der Waals surface area contributed by atoms with E-state index in [1.165, 1.54) is 0 Å². The second-order valence-electron chi connectivity index (χ2n) is 5.47. The minimum atomic E-state index is -2.38. The van der Waals surface area contributed by atoms with Crippen LogP contribution in [-0.4, -0.2) is 80.8 Å². The van der Waals surface area contributed by atoms with Crippen LogP contribution < -0.4 is 16.8 Å². The summed E-state index contributed by atoms with van der Waals surface area (Å²) in [6, 6.07) is -1.43. The predicted molar refractivity (Wildman–Crippen MR) is 73.7 cm³/mol. The number of carboxylic acid groups (broad SMARTS) is 1. The highest BCUT2D eigenvalue weighted by molar-refractivity contribution is 5.88. The molecule has 11 heteroatoms. The molecule has 1 saturated heterocycles. The summed E-state index contributed by atoms with van der Waals surface area (Å²) in [7, 11) is 0. The Morgan fingerprint density at radius 3 is 2.22 bits per heavy atom. The second-order valence-corrected chi connectivity index (χ2v) is 5.47. The van der Waals surface area contributed by atoms with Crippen molar-refractivity contribution in [2.24, 2.45) is 11.5 Å². The number of carbonyl (C=O) groups excluding carboxylic acids is 2. The lowest BCUT2D eigenvalue weighted by molar-refractivity contribution is -0.214. The molecule has 6 atom stereocenters. The summed E-state index contributed by atoms with van der Waals surface area (Å²) in [5.41, 5.74) is 8.39. The van der Waals surface area contributed by atoms with Gasteiger partial charge in [-0.05, 0) is 0 Å². The van der Waals surface area contributed by atoms with Crippen LogP contribution in [0.4, 0.5) is 0 Å². The highest BCUT2D eigenvalue weighted by Gasteiger charge is 2.56. The molecule has 1 aliphatic rings. The van der Waals surface area contributed by atoms with Crippen molar-refractivity contribution in [2.75, 3.05) is 6.61 Å². The van der Waals surface area contributed by atoms with Gasteiger partial charge >= 0.3 is 5.97 Å². The molecule has 0 aliphatic carbocycles. The van der Waals surface area contributed by atoms with E-state index in [2.05, 4.69) is 5.32 Å². The Morgan fingerprint density at radius 1 is 1.26 bits per heavy atom. The second kappa shape index (κ2) is 7.19. The van der Waals surface area contributed by atoms with E-state index < -0.39 is 66.8 Å². The molecule has 11 nitrogen and oxygen atoms in total. The molecule has 9 N–H and O–H groups in total. The maximum Gasteiger partial charge on any atom is 0.327 e. The van der Waals surface area contributed by atoms with Crippen LogP contribution in [0.2, 0.25) is 0 Å². The maximum absolute atomic E-state index is 11.5. The van der Waals surface area contributed by atoms with Crippen LogP contribution in [0.3, 0.4) is 0 Å². The Hall–Kier alpha value is -1.79. The molecule has 0 aromatic heterocycles. The number of rotatable bonds is 6. The molecule has 0 radical (unpaired) electrons. The van der Waals surface area contributed by atoms with Crippen molar-refractivity contribution in [3.05, 3.63) is 0 Å². The van der Waals surface area contributed by atoms with Gasteiger partial charge in [-0.2, -0.15) is 0 Å². The maximum atomic E-state index is 11.5. The zero-order valence-corrected chi connectivity index (χ0v) is 12.4. The quantitative estimate of drug-likeness (QED) is 0.250. The van der Waals surface area contributed by atoms with Crippen molar-refractivity contribution in [3.63, 3.8) is 0 Å². The largest absolute Gasteiger partial charge is 0.480 e. The van der Waals surface area contributed by atoms with Gasteiger partial charge in [0.05, 0.1) is 19.1 Å². The number of hydrogen-bond donors (Lipinski definition) is 7. The number of amides is 2. The summed E-state index contributed by atoms with van der Waals surface area (Å²) in [5.74, 6) is -3.35. The summed E-state index contributed by atoms with van der Waals surface area (Å²) >= 11 is 0. The molecular weight excluding hydrogens is 314 g/mol. The SMILES string of the molecule is CC(=O)N[C@H]1C([C@](N)(CC(N)=O)C(=O)O)O[C@H](CO)[C@@H](O)[C@@H]1O. The van der Waals surface area contributed by atoms with Crippen molar-refractivity contribution in [3.8, 4) is 0 Å². The fraction of sp³-hybridized carbons (Fsp3) is 0.750. The van der Waals surface area contributed by atoms with Crippen molar-refractivity contribution < 1.29 is 39.5 Å². The van der Waals surface area contributed by atoms with E-state index in [9.17, 15) is 34.8 Å². The highest BCUT2D eigenvalue weighted by Crippen LogP contribution is 2.29. The number of aliphatic hydroxyl groups is 3. The molecule has 0 saturated carbocycles. The zero-order chi connectivity index (χ0) is 17.9. The van der Waals surface area contributed by atoms with E-state index in [-0.39, 0.29) is 0 Å². The number of aliphatic hydroxyl groups excluding tert-OH is 3. The Morgan fingerprint density at radius 2 is 1.83 bits per heavy atom. The van der Waals surface area contributed by atoms with Crippen LogP contribution in [0.25, 0.3) is 0 Å². The van der Waals surface area contributed by atoms with Crippen molar-refractivity contribution >= 4 is 17.8 Å². The summed E-state index contributed by atoms with van der Waals surface area (Å²) in [4.78, 5) is 34.0. The fourth-order valence-corrected chi connectivity index (χ4v) is 2.54. The van der Waals surface area contributed by atoms with E-state index in [0.29, 0.717) is 0 Å². The van der Waals surface area contributed by atoms with Gasteiger partial charge in [-0.1, -0.05) is 0 Å². The smallest absolute Gasteiger partial charge is 0.327 e. The first-order valence-corrected chi connectivity index (χ1v) is 6.74. The van der Waals surface area contributed by atoms with E-state index in [4.69, 9.17) is 16.2 Å². The van der Waals surface area contributed by atoms with Gasteiger partial charge in [0.25, 0.3) is 0 Å². The van der Waals surface area contributed by atoms with E-state index in [1.54, 1.807) is 0 Å². The number of carbonyl (C=O) groups is 3. The molecular formula is C12H21N3O8. The lowest BCUT2D eigenvalue weighted by atomic mass is 9.79. The Labute approximate surface area is 131 Å². The van der Waals surface area contributed by atoms with Gasteiger partial charge in [0, 0.05) is 6.92 Å². The van der Waals surface area contributed by atoms with Gasteiger partial charge in [-0.15, -0.1) is 0 Å². The lowest BCUT2D eigenvalue weighted by Crippen LogP contribution is -2.74. The average Bonchev–Trinajstić information content (AvgIpc) is 2.42. The number of nitrogens with one attached hydrogen (secondary N) is 1. The van der Waals surface area contributed by atoms with E-state index in [0.717, 1.165) is 6.92 Å². The summed E-state index contributed by atoms with van der Waals surface area (Å²) < 4.78 is 5.27. The topological polar surface area (TPSA) is 205 Å². The first-order valence-electron chi connectivity index (χ1n) is 6.74. The van der Waals surface area contributed by atoms with Gasteiger partial charge in [0.2, 0.25) is 11.8 Å². The molecule has 0 spiro atoms. The van der Waals surface area contributed by atoms with E-state index >= 15 is 0 Å². The minimum Gasteiger partial charge on any atom is -0.480 e. The molecule has 1 heterocycles. The average molecular weight is 335 g/mol. The molecule has 2 amide bonds. The molecule has 1 aliphatic heterocycles. The van der Waals surface area contributed by atoms with Gasteiger partial charge in [-0.3, -0.25) is 14.4 Å². The first kappa shape index (κ1) is 19.3. The van der Waals surface area contributed by atoms with Gasteiger partial charge < -0.3 is 41.9 Å². The molecule has 0 aromatic rings. The number of nitrogens with two attached hydrogens (primary N) is 2. The van der Waals surface area contributed by atoms with Crippen LogP contribution in [0.1, 0.15) is 13.3 Å². The number of hydrogen-bond acceptors (Lipinski definition) is 8. The summed E-state index contributed by atoms with van der Waals surface area (Å²) in [6.45, 7) is 0.356. The zero-order valence-electron chi connectivity index (χ0n) is 12.4. The Bertz CT molecular complexity index is 487. The number of ether oxygens (including phenoxy) is 1. The highest BCUT2D eigenvalue weighted by atomic mass is 16.5. The third-order valence-corrected chi connectivity index (χ3v) is 3.67. The lowest BCUT2D eigenvalue weighted by Gasteiger charge is -2.47. The van der Waals surface area contributed by atoms with Crippen molar-refractivity contribution in [1.82, 2.24) is 5.32 Å². The number of aliphatic carboxylic acids is 1. The molecule has 1 rings (SSSR count). The molecule has 1 fully saturated rings. The summed E-state index contributed by atoms with van der Waals surface area (Å²) in [6.07, 6.45) is -7.09. The molecule has 0 aromatic carbocycles. The monoisotopic (exact) mass is 335 g/mol. The molecule has 0 bridgehead atoms. The van der Waals surface area contributed by atoms with Crippen LogP contribution in [0, 0.1) is 0 Å². The van der Waals surface area contributed by atoms with Crippen LogP contribution in [0.5, 0.6) is 0 Å². The van der Waals surface area contributed by atoms with Crippen molar-refractivity contribution in [1.29, 1.82) is 0 Å². The summed E-state index contributed by atoms with van der Waals surface area (Å²) in [5, 5.41) is 40.8. The van der Waals surface area contributed by atoms with Crippen LogP contribution in [-0.2, 0) is 19.1 Å². The number of carboxylic acids is 1. The Balaban J connectivity index is 3.29. The van der Waals surface area contributed by atoms with Crippen molar-refractivity contribution in [2.45, 2.75) is 49.3 Å². The first-order chi connectivity index (χ1) is 10.5. The Kier molecular flexibility index (Phi) is 6.02. The molecule has 132 valence electrons. The predicted octanol–water partition coefficient (Wildman–Crippen LogP) is -4.37. The van der Waals surface area contributed by atoms with Gasteiger partial charge in [-0.25, -0.2) is 0 Å².